The van der Waals surface area contributed by atoms with Crippen molar-refractivity contribution in [2.45, 2.75) is 44.6 Å². The van der Waals surface area contributed by atoms with Gasteiger partial charge in [0.1, 0.15) is 6.33 Å². The van der Waals surface area contributed by atoms with Gasteiger partial charge in [-0.2, -0.15) is 0 Å². The number of nitrogen functional groups attached to an aromatic ring is 1. The maximum atomic E-state index is 9.52. The van der Waals surface area contributed by atoms with Crippen LogP contribution in [0.3, 0.4) is 0 Å². The number of rotatable bonds is 8. The average molecular weight is 380 g/mol. The van der Waals surface area contributed by atoms with Crippen LogP contribution in [0.15, 0.2) is 36.7 Å². The molecule has 1 aromatic carbocycles. The number of nitrogens with zero attached hydrogens (tertiary/aromatic N) is 4. The number of unbranched alkanes of at least 4 members (excludes halogenated alkanes) is 1. The molecule has 1 aliphatic rings. The third-order valence-electron chi connectivity index (χ3n) is 5.66. The van der Waals surface area contributed by atoms with Crippen molar-refractivity contribution in [2.75, 3.05) is 24.2 Å². The third-order valence-corrected chi connectivity index (χ3v) is 5.66. The van der Waals surface area contributed by atoms with E-state index < -0.39 is 0 Å². The number of aryl methyl sites for hydroxylation is 1. The van der Waals surface area contributed by atoms with Crippen LogP contribution in [0.4, 0.5) is 11.8 Å². The van der Waals surface area contributed by atoms with E-state index in [0.717, 1.165) is 56.7 Å². The van der Waals surface area contributed by atoms with Gasteiger partial charge in [-0.1, -0.05) is 30.3 Å². The zero-order chi connectivity index (χ0) is 19.3. The summed E-state index contributed by atoms with van der Waals surface area (Å²) < 4.78 is 2.17. The molecule has 3 aromatic rings. The van der Waals surface area contributed by atoms with Gasteiger partial charge in [-0.05, 0) is 50.0 Å². The van der Waals surface area contributed by atoms with Gasteiger partial charge in [-0.15, -0.1) is 0 Å². The number of nitrogens with two attached hydrogens (primary N) is 1. The number of aromatic nitrogens is 4. The third kappa shape index (κ3) is 3.94. The van der Waals surface area contributed by atoms with Crippen molar-refractivity contribution in [1.82, 2.24) is 19.5 Å². The maximum Gasteiger partial charge on any atom is 0.205 e. The molecule has 2 aromatic heterocycles. The molecule has 4 rings (SSSR count). The van der Waals surface area contributed by atoms with Gasteiger partial charge in [0.15, 0.2) is 17.0 Å². The molecule has 0 spiro atoms. The van der Waals surface area contributed by atoms with E-state index in [4.69, 9.17) is 10.7 Å². The summed E-state index contributed by atoms with van der Waals surface area (Å²) in [5.41, 5.74) is 8.85. The summed E-state index contributed by atoms with van der Waals surface area (Å²) in [4.78, 5) is 13.2. The molecule has 1 fully saturated rings. The highest BCUT2D eigenvalue weighted by molar-refractivity contribution is 5.84. The van der Waals surface area contributed by atoms with E-state index in [0.29, 0.717) is 17.3 Å². The molecule has 28 heavy (non-hydrogen) atoms. The van der Waals surface area contributed by atoms with Crippen LogP contribution in [-0.2, 0) is 6.42 Å². The predicted octanol–water partition coefficient (Wildman–Crippen LogP) is 3.18. The van der Waals surface area contributed by atoms with Crippen LogP contribution in [-0.4, -0.2) is 37.8 Å². The molecule has 0 bridgehead atoms. The van der Waals surface area contributed by atoms with Crippen LogP contribution in [0.1, 0.15) is 43.7 Å². The van der Waals surface area contributed by atoms with E-state index in [-0.39, 0.29) is 12.6 Å². The predicted molar refractivity (Wildman–Crippen MR) is 111 cm³/mol. The SMILES string of the molecule is Nc1ncnc2c1nc(NCCCCc1ccccc1)n2C1CCC(CO)C1. The highest BCUT2D eigenvalue weighted by Gasteiger charge is 2.29. The molecule has 0 amide bonds. The summed E-state index contributed by atoms with van der Waals surface area (Å²) in [5.74, 6) is 1.57. The summed E-state index contributed by atoms with van der Waals surface area (Å²) in [7, 11) is 0. The fourth-order valence-corrected chi connectivity index (χ4v) is 4.14. The Balaban J connectivity index is 1.45. The summed E-state index contributed by atoms with van der Waals surface area (Å²) in [6.45, 7) is 1.09. The van der Waals surface area contributed by atoms with Gasteiger partial charge in [0.2, 0.25) is 5.95 Å². The normalized spacial score (nSPS) is 19.3. The Bertz CT molecular complexity index is 910. The molecule has 0 radical (unpaired) electrons. The lowest BCUT2D eigenvalue weighted by atomic mass is 10.1. The zero-order valence-corrected chi connectivity index (χ0v) is 16.1. The highest BCUT2D eigenvalue weighted by atomic mass is 16.3. The van der Waals surface area contributed by atoms with Crippen molar-refractivity contribution in [3.63, 3.8) is 0 Å². The Morgan fingerprint density at radius 2 is 2.00 bits per heavy atom. The number of aliphatic hydroxyl groups excluding tert-OH is 1. The molecule has 7 heteroatoms. The van der Waals surface area contributed by atoms with Crippen molar-refractivity contribution >= 4 is 22.9 Å². The van der Waals surface area contributed by atoms with E-state index in [1.807, 2.05) is 0 Å². The molecule has 0 saturated heterocycles. The largest absolute Gasteiger partial charge is 0.396 e. The molecular formula is C21H28N6O. The van der Waals surface area contributed by atoms with Crippen LogP contribution in [0, 0.1) is 5.92 Å². The molecule has 2 atom stereocenters. The monoisotopic (exact) mass is 380 g/mol. The number of imidazole rings is 1. The van der Waals surface area contributed by atoms with Gasteiger partial charge >= 0.3 is 0 Å². The second-order valence-corrected chi connectivity index (χ2v) is 7.62. The van der Waals surface area contributed by atoms with Crippen LogP contribution in [0.2, 0.25) is 0 Å². The van der Waals surface area contributed by atoms with Gasteiger partial charge < -0.3 is 16.2 Å². The first-order valence-electron chi connectivity index (χ1n) is 10.1. The van der Waals surface area contributed by atoms with Gasteiger partial charge in [0.05, 0.1) is 0 Å². The Labute approximate surface area is 165 Å². The smallest absolute Gasteiger partial charge is 0.205 e. The minimum atomic E-state index is 0.239. The molecule has 2 heterocycles. The van der Waals surface area contributed by atoms with Crippen molar-refractivity contribution < 1.29 is 5.11 Å². The number of fused-ring (bicyclic) bond motifs is 1. The number of hydrogen-bond donors (Lipinski definition) is 3. The molecule has 148 valence electrons. The molecular weight excluding hydrogens is 352 g/mol. The lowest BCUT2D eigenvalue weighted by molar-refractivity contribution is 0.226. The Kier molecular flexibility index (Phi) is 5.71. The summed E-state index contributed by atoms with van der Waals surface area (Å²) in [5, 5.41) is 13.0. The lowest BCUT2D eigenvalue weighted by Gasteiger charge is -2.17. The van der Waals surface area contributed by atoms with Gasteiger partial charge in [0, 0.05) is 19.2 Å². The quantitative estimate of drug-likeness (QED) is 0.519. The Morgan fingerprint density at radius 1 is 1.14 bits per heavy atom. The number of hydrogen-bond acceptors (Lipinski definition) is 6. The fraction of sp³-hybridized carbons (Fsp3) is 0.476. The Morgan fingerprint density at radius 3 is 2.79 bits per heavy atom. The van der Waals surface area contributed by atoms with Gasteiger partial charge in [-0.25, -0.2) is 15.0 Å². The standard InChI is InChI=1S/C21H28N6O/c22-19-18-20(25-14-24-19)27(17-10-9-16(12-17)13-28)21(26-18)23-11-5-4-8-15-6-2-1-3-7-15/h1-3,6-7,14,16-17,28H,4-5,8-13H2,(H,23,26)(H2,22,24,25). The minimum absolute atomic E-state index is 0.239. The van der Waals surface area contributed by atoms with Gasteiger partial charge in [0.25, 0.3) is 0 Å². The van der Waals surface area contributed by atoms with Crippen LogP contribution >= 0.6 is 0 Å². The summed E-state index contributed by atoms with van der Waals surface area (Å²) >= 11 is 0. The Hall–Kier alpha value is -2.67. The minimum Gasteiger partial charge on any atom is -0.396 e. The van der Waals surface area contributed by atoms with Crippen molar-refractivity contribution in [3.8, 4) is 0 Å². The summed E-state index contributed by atoms with van der Waals surface area (Å²) in [6, 6.07) is 10.8. The maximum absolute atomic E-state index is 9.52. The number of nitrogens with one attached hydrogen (secondary N) is 1. The fourth-order valence-electron chi connectivity index (χ4n) is 4.14. The van der Waals surface area contributed by atoms with E-state index in [1.54, 1.807) is 0 Å². The average Bonchev–Trinajstić information content (AvgIpc) is 3.33. The molecule has 4 N–H and O–H groups in total. The second kappa shape index (κ2) is 8.56. The zero-order valence-electron chi connectivity index (χ0n) is 16.1. The summed E-state index contributed by atoms with van der Waals surface area (Å²) in [6.07, 6.45) is 7.74. The first-order valence-corrected chi connectivity index (χ1v) is 10.1. The van der Waals surface area contributed by atoms with Crippen LogP contribution in [0.5, 0.6) is 0 Å². The van der Waals surface area contributed by atoms with E-state index in [9.17, 15) is 5.11 Å². The first-order chi connectivity index (χ1) is 13.8. The van der Waals surface area contributed by atoms with Crippen molar-refractivity contribution in [2.24, 2.45) is 5.92 Å². The van der Waals surface area contributed by atoms with Gasteiger partial charge in [-0.3, -0.25) is 4.57 Å². The van der Waals surface area contributed by atoms with Crippen molar-refractivity contribution in [1.29, 1.82) is 0 Å². The van der Waals surface area contributed by atoms with E-state index in [1.165, 1.54) is 11.9 Å². The number of benzene rings is 1. The van der Waals surface area contributed by atoms with E-state index >= 15 is 0 Å². The molecule has 1 saturated carbocycles. The molecule has 1 aliphatic carbocycles. The van der Waals surface area contributed by atoms with E-state index in [2.05, 4.69) is 50.2 Å². The first kappa shape index (κ1) is 18.7. The van der Waals surface area contributed by atoms with Crippen LogP contribution in [0.25, 0.3) is 11.2 Å². The number of anilines is 2. The lowest BCUT2D eigenvalue weighted by Crippen LogP contribution is -2.13. The topological polar surface area (TPSA) is 102 Å². The molecule has 2 unspecified atom stereocenters. The second-order valence-electron chi connectivity index (χ2n) is 7.62. The van der Waals surface area contributed by atoms with Crippen molar-refractivity contribution in [3.05, 3.63) is 42.2 Å². The van der Waals surface area contributed by atoms with Crippen LogP contribution < -0.4 is 11.1 Å². The molecule has 0 aliphatic heterocycles. The highest BCUT2D eigenvalue weighted by Crippen LogP contribution is 2.38. The molecule has 7 nitrogen and oxygen atoms in total. The number of aliphatic hydroxyl groups is 1.